The van der Waals surface area contributed by atoms with Crippen molar-refractivity contribution in [3.05, 3.63) is 0 Å². The maximum absolute atomic E-state index is 11.6. The Kier molecular flexibility index (Phi) is 50.2. The summed E-state index contributed by atoms with van der Waals surface area (Å²) in [4.78, 5) is 112. The summed E-state index contributed by atoms with van der Waals surface area (Å²) in [7, 11) is 5.79. The van der Waals surface area contributed by atoms with Gasteiger partial charge in [-0.1, -0.05) is 62.3 Å². The lowest BCUT2D eigenvalue weighted by atomic mass is 9.91. The van der Waals surface area contributed by atoms with Gasteiger partial charge in [-0.05, 0) is 80.1 Å². The molecule has 0 aromatic heterocycles. The van der Waals surface area contributed by atoms with Crippen molar-refractivity contribution >= 4 is 83.6 Å². The van der Waals surface area contributed by atoms with Crippen LogP contribution in [0.1, 0.15) is 142 Å². The SMILES string of the molecule is CCC(C)(C)C(=O)OCOP(=O)([O-])OC[15N+]([13CH3])([13CH3])[13CH3].CCC(C)(C)C(=O)OC[15N+]([13CH3])([13CH3])CC(=O)[O-].CCC(C)(C)C(=O)OC[15N+]([13CH3])([13CH3])CS(=O)(=O)[O-].CCC(C)C(=O)OCOP(=O)([O-])OC[15N+]([13CH3])([13CH3])[13CH3].CCC(C)C(=O)OC[15N+]([13CH3])([13CH3])CC(=O)[O-].CCC(C)C(=O)OC[15N+]([13CH3])([13CH3])CS(=O)(=O)[O-]. The van der Waals surface area contributed by atoms with Gasteiger partial charge in [-0.25, -0.2) is 16.8 Å². The van der Waals surface area contributed by atoms with Crippen LogP contribution in [0.2, 0.25) is 0 Å². The number of phosphoric ester groups is 2. The fourth-order valence-electron chi connectivity index (χ4n) is 5.47. The Hall–Kier alpha value is -4.44. The molecule has 0 rings (SSSR count). The molecule has 0 aliphatic carbocycles. The summed E-state index contributed by atoms with van der Waals surface area (Å²) < 4.78 is 134. The van der Waals surface area contributed by atoms with Crippen molar-refractivity contribution in [3.63, 3.8) is 0 Å². The first kappa shape index (κ1) is 108. The van der Waals surface area contributed by atoms with Crippen molar-refractivity contribution in [3.8, 4) is 0 Å². The Labute approximate surface area is 601 Å². The van der Waals surface area contributed by atoms with E-state index in [1.54, 1.807) is 133 Å². The van der Waals surface area contributed by atoms with Gasteiger partial charge in [0.2, 0.25) is 26.9 Å². The van der Waals surface area contributed by atoms with Crippen molar-refractivity contribution in [1.29, 1.82) is 0 Å². The minimum Gasteiger partial charge on any atom is -0.756 e. The summed E-state index contributed by atoms with van der Waals surface area (Å²) in [5.41, 5.74) is -1.79. The fourth-order valence-corrected chi connectivity index (χ4v) is 8.82. The molecule has 5 unspecified atom stereocenters. The zero-order valence-corrected chi connectivity index (χ0v) is 69.0. The Balaban J connectivity index is -0.000000269. The molecule has 0 saturated heterocycles. The Morgan fingerprint density at radius 2 is 0.604 bits per heavy atom. The second kappa shape index (κ2) is 47.2. The highest BCUT2D eigenvalue weighted by Gasteiger charge is 2.33. The predicted octanol–water partition coefficient (Wildman–Crippen LogP) is 1.51. The smallest absolute Gasteiger partial charge is 0.315 e. The Morgan fingerprint density at radius 1 is 0.376 bits per heavy atom. The van der Waals surface area contributed by atoms with E-state index in [4.69, 9.17) is 23.7 Å². The van der Waals surface area contributed by atoms with Gasteiger partial charge in [0.05, 0.1) is 145 Å². The molecule has 0 amide bonds. The van der Waals surface area contributed by atoms with Crippen molar-refractivity contribution in [2.75, 3.05) is 177 Å². The third-order valence-electron chi connectivity index (χ3n) is 13.7. The van der Waals surface area contributed by atoms with E-state index < -0.39 is 107 Å². The van der Waals surface area contributed by atoms with Crippen LogP contribution in [0.3, 0.4) is 0 Å². The highest BCUT2D eigenvalue weighted by atomic mass is 32.2. The summed E-state index contributed by atoms with van der Waals surface area (Å²) >= 11 is 0. The number of carboxylic acid groups (broad SMARTS) is 2. The topological polar surface area (TPSA) is 470 Å². The second-order valence-corrected chi connectivity index (χ2v) is 36.1. The summed E-state index contributed by atoms with van der Waals surface area (Å²) in [5, 5.41) is 20.8. The van der Waals surface area contributed by atoms with Gasteiger partial charge in [-0.15, -0.1) is 0 Å². The lowest BCUT2D eigenvalue weighted by Crippen LogP contribution is -2.50. The number of hydrogen-bond donors (Lipinski definition) is 0. The van der Waals surface area contributed by atoms with Crippen molar-refractivity contribution in [1.82, 2.24) is 0 Å². The molecular formula is C61H126N6O30P2S2. The monoisotopic (exact) mass is 1570 g/mol. The molecule has 0 bridgehead atoms. The van der Waals surface area contributed by atoms with E-state index in [2.05, 4.69) is 22.8 Å². The van der Waals surface area contributed by atoms with Gasteiger partial charge in [-0.2, -0.15) is 0 Å². The van der Waals surface area contributed by atoms with Crippen molar-refractivity contribution in [2.45, 2.75) is 142 Å². The summed E-state index contributed by atoms with van der Waals surface area (Å²) in [6.45, 7) is 24.9. The lowest BCUT2D eigenvalue weighted by molar-refractivity contribution is -0.901. The number of rotatable bonds is 40. The number of ether oxygens (including phenoxy) is 6. The van der Waals surface area contributed by atoms with Crippen LogP contribution in [-0.4, -0.2) is 278 Å². The normalized spacial score (nSPS) is 14.5. The number of likely N-dealkylation sites (N-methyl/N-ethyl adjacent to an activating group) is 2. The maximum Gasteiger partial charge on any atom is 0.315 e. The van der Waals surface area contributed by atoms with E-state index in [9.17, 15) is 93.4 Å². The maximum atomic E-state index is 11.6. The number of carbonyl (C=O) groups is 8. The minimum absolute atomic E-state index is 0.0379. The summed E-state index contributed by atoms with van der Waals surface area (Å²) in [6.07, 6.45) is 3.88. The average molecular weight is 1570 g/mol. The van der Waals surface area contributed by atoms with Gasteiger partial charge in [0, 0.05) is 0 Å². The minimum atomic E-state index is -4.45. The van der Waals surface area contributed by atoms with E-state index in [-0.39, 0.29) is 107 Å². The zero-order chi connectivity index (χ0) is 81.6. The number of aliphatic carboxylic acids is 2. The highest BCUT2D eigenvalue weighted by Crippen LogP contribution is 2.39. The number of carbonyl (C=O) groups excluding carboxylic acids is 8. The molecule has 0 fully saturated rings. The van der Waals surface area contributed by atoms with Crippen LogP contribution in [0.25, 0.3) is 0 Å². The van der Waals surface area contributed by atoms with Crippen LogP contribution < -0.4 is 20.0 Å². The summed E-state index contributed by atoms with van der Waals surface area (Å²) in [5.74, 6) is -6.54. The number of carboxylic acids is 2. The molecule has 0 aromatic rings. The van der Waals surface area contributed by atoms with Crippen molar-refractivity contribution in [2.24, 2.45) is 34.0 Å². The van der Waals surface area contributed by atoms with Crippen LogP contribution in [0, 0.1) is 34.0 Å². The number of quaternary nitrogens is 6. The summed E-state index contributed by atoms with van der Waals surface area (Å²) in [6, 6.07) is 0. The molecule has 0 radical (unpaired) electrons. The number of hydrogen-bond acceptors (Lipinski definition) is 30. The molecule has 0 saturated carbocycles. The van der Waals surface area contributed by atoms with E-state index in [1.165, 1.54) is 28.2 Å². The number of nitrogens with zero attached hydrogens (tertiary/aromatic N) is 6. The third kappa shape index (κ3) is 63.7. The van der Waals surface area contributed by atoms with Crippen LogP contribution in [-0.2, 0) is 114 Å². The van der Waals surface area contributed by atoms with E-state index in [0.717, 1.165) is 0 Å². The zero-order valence-electron chi connectivity index (χ0n) is 65.6. The van der Waals surface area contributed by atoms with Gasteiger partial charge < -0.3 is 76.1 Å². The van der Waals surface area contributed by atoms with Gasteiger partial charge in [0.1, 0.15) is 33.3 Å². The molecule has 0 aliphatic heterocycles. The first-order chi connectivity index (χ1) is 44.8. The highest BCUT2D eigenvalue weighted by molar-refractivity contribution is 7.85. The van der Waals surface area contributed by atoms with E-state index in [0.29, 0.717) is 47.5 Å². The standard InChI is InChI=1S/C11H24NO6P.C11H21NO4.C10H22NO6P.C10H21NO5S.C10H19NO4.C9H19NO5S/c1-7-11(2,3)10(13)16-9-18-19(14,15)17-8-12(4,5)6;1-6-11(2,3)10(15)16-8-12(4,5)7-9(13)14;1-6-9(2)10(12)15-8-17-18(13,14)16-7-11(3,4)5;1-6-10(2,3)9(12)16-7-11(4,5)8-17(13,14)15;1-5-8(2)10(14)15-7-11(3,4)6-9(12)13;1-5-8(2)9(11)15-6-10(3,4)7-16(12,13)14/h7-9H2,1-6H3;6-8H2,1-5H3;9H,6-8H2,1-5H3;6-8H2,1-5H3;8H,5-7H2,1-4H3;8H,5-7H2,1-4H3/i4+1,5+1,6+1,12+1;4+1,5+1,12+1;3+1,4+1,5+1,11+1;4+1,5+1,11+1;3+1,4+1,11+1;3+1,4+1,10+1. The quantitative estimate of drug-likeness (QED) is 0.0123. The molecule has 40 heteroatoms. The van der Waals surface area contributed by atoms with Gasteiger partial charge >= 0.3 is 35.8 Å². The largest absolute Gasteiger partial charge is 0.756 e. The second-order valence-electron chi connectivity index (χ2n) is 30.5. The molecule has 36 nitrogen and oxygen atoms in total. The molecule has 0 spiro atoms. The third-order valence-corrected chi connectivity index (χ3v) is 17.4. The fraction of sp³-hybridized carbons (Fsp3) is 0.869. The molecule has 0 heterocycles. The van der Waals surface area contributed by atoms with Gasteiger partial charge in [0.15, 0.2) is 38.8 Å². The lowest BCUT2D eigenvalue weighted by Gasteiger charge is -2.31. The first-order valence-corrected chi connectivity index (χ1v) is 38.3. The molecule has 0 aliphatic rings. The molecular weight excluding hydrogens is 1440 g/mol. The number of esters is 6. The number of phosphoric acid groups is 2. The van der Waals surface area contributed by atoms with Crippen LogP contribution in [0.15, 0.2) is 0 Å². The Morgan fingerprint density at radius 3 is 0.842 bits per heavy atom. The first-order valence-electron chi connectivity index (χ1n) is 32.2. The van der Waals surface area contributed by atoms with Crippen LogP contribution in [0.4, 0.5) is 0 Å². The average Bonchev–Trinajstić information content (AvgIpc) is 0.882. The van der Waals surface area contributed by atoms with Crippen LogP contribution in [0.5, 0.6) is 0 Å². The molecule has 101 heavy (non-hydrogen) atoms. The molecule has 5 atom stereocenters. The molecule has 602 valence electrons. The molecule has 0 N–H and O–H groups in total. The van der Waals surface area contributed by atoms with Crippen LogP contribution >= 0.6 is 15.6 Å². The molecule has 0 aromatic carbocycles. The predicted molar refractivity (Wildman–Crippen MR) is 359 cm³/mol. The van der Waals surface area contributed by atoms with Crippen molar-refractivity contribution < 1.29 is 167 Å². The van der Waals surface area contributed by atoms with Gasteiger partial charge in [0.25, 0.3) is 15.6 Å². The Bertz CT molecular complexity index is 2860. The van der Waals surface area contributed by atoms with Gasteiger partial charge in [-0.3, -0.25) is 73.9 Å². The van der Waals surface area contributed by atoms with E-state index >= 15 is 0 Å². The van der Waals surface area contributed by atoms with E-state index in [1.807, 2.05) is 41.5 Å².